The molecular formula is C12H21N3O10P2S. The molecule has 0 bridgehead atoms. The first-order valence-electron chi connectivity index (χ1n) is 7.86. The Balaban J connectivity index is 2.43. The van der Waals surface area contributed by atoms with Crippen LogP contribution in [0.5, 0.6) is 0 Å². The molecule has 13 nitrogen and oxygen atoms in total. The van der Waals surface area contributed by atoms with Crippen LogP contribution in [-0.2, 0) is 29.3 Å². The SMILES string of the molecule is CCc1cn(C2SC(COP(=O)(O)O)C(OP(=O)(O)O)C2OC)c(=O)nc1N. The van der Waals surface area contributed by atoms with Crippen LogP contribution in [-0.4, -0.2) is 60.3 Å². The maximum Gasteiger partial charge on any atom is 0.469 e. The van der Waals surface area contributed by atoms with Gasteiger partial charge >= 0.3 is 21.3 Å². The molecule has 0 spiro atoms. The van der Waals surface area contributed by atoms with Gasteiger partial charge in [-0.15, -0.1) is 11.8 Å². The molecule has 1 aliphatic heterocycles. The van der Waals surface area contributed by atoms with E-state index in [9.17, 15) is 23.7 Å². The fourth-order valence-electron chi connectivity index (χ4n) is 2.75. The lowest BCUT2D eigenvalue weighted by Gasteiger charge is -2.25. The summed E-state index contributed by atoms with van der Waals surface area (Å²) in [7, 11) is -8.58. The summed E-state index contributed by atoms with van der Waals surface area (Å²) in [6.07, 6.45) is -0.464. The number of hydrogen-bond donors (Lipinski definition) is 5. The second-order valence-corrected chi connectivity index (χ2v) is 9.60. The molecular weight excluding hydrogens is 440 g/mol. The Morgan fingerprint density at radius 2 is 1.89 bits per heavy atom. The number of hydrogen-bond acceptors (Lipinski definition) is 9. The van der Waals surface area contributed by atoms with Crippen molar-refractivity contribution in [2.45, 2.75) is 36.2 Å². The minimum Gasteiger partial charge on any atom is -0.383 e. The third-order valence-electron chi connectivity index (χ3n) is 3.94. The van der Waals surface area contributed by atoms with E-state index in [1.54, 1.807) is 6.92 Å². The van der Waals surface area contributed by atoms with Crippen LogP contribution in [0.3, 0.4) is 0 Å². The topological polar surface area (TPSA) is 204 Å². The van der Waals surface area contributed by atoms with E-state index in [-0.39, 0.29) is 5.82 Å². The molecule has 4 atom stereocenters. The summed E-state index contributed by atoms with van der Waals surface area (Å²) >= 11 is 0.946. The minimum absolute atomic E-state index is 0.0603. The summed E-state index contributed by atoms with van der Waals surface area (Å²) in [6.45, 7) is 1.20. The number of rotatable bonds is 8. The number of methoxy groups -OCH3 is 1. The number of anilines is 1. The Labute approximate surface area is 163 Å². The van der Waals surface area contributed by atoms with Crippen LogP contribution in [0.2, 0.25) is 0 Å². The number of aromatic nitrogens is 2. The second kappa shape index (κ2) is 8.92. The third kappa shape index (κ3) is 5.86. The predicted molar refractivity (Wildman–Crippen MR) is 98.4 cm³/mol. The molecule has 2 heterocycles. The highest BCUT2D eigenvalue weighted by atomic mass is 32.2. The van der Waals surface area contributed by atoms with Crippen LogP contribution in [0.15, 0.2) is 11.0 Å². The van der Waals surface area contributed by atoms with Crippen LogP contribution >= 0.6 is 27.4 Å². The highest BCUT2D eigenvalue weighted by molar-refractivity contribution is 8.00. The van der Waals surface area contributed by atoms with Gasteiger partial charge < -0.3 is 30.0 Å². The van der Waals surface area contributed by atoms with Gasteiger partial charge in [-0.2, -0.15) is 4.98 Å². The Bertz CT molecular complexity index is 855. The lowest BCUT2D eigenvalue weighted by molar-refractivity contribution is -0.0181. The summed E-state index contributed by atoms with van der Waals surface area (Å²) in [4.78, 5) is 52.3. The van der Waals surface area contributed by atoms with Crippen molar-refractivity contribution in [2.24, 2.45) is 0 Å². The molecule has 1 saturated heterocycles. The van der Waals surface area contributed by atoms with Gasteiger partial charge in [0.25, 0.3) is 0 Å². The molecule has 1 fully saturated rings. The molecule has 4 unspecified atom stereocenters. The Kier molecular flexibility index (Phi) is 7.48. The van der Waals surface area contributed by atoms with Gasteiger partial charge in [0.05, 0.1) is 11.9 Å². The highest BCUT2D eigenvalue weighted by Gasteiger charge is 2.50. The van der Waals surface area contributed by atoms with E-state index in [2.05, 4.69) is 9.51 Å². The van der Waals surface area contributed by atoms with Gasteiger partial charge in [-0.05, 0) is 6.42 Å². The van der Waals surface area contributed by atoms with Gasteiger partial charge in [0.2, 0.25) is 0 Å². The van der Waals surface area contributed by atoms with Gasteiger partial charge in [-0.3, -0.25) is 13.6 Å². The summed E-state index contributed by atoms with van der Waals surface area (Å²) in [5, 5.41) is -1.83. The molecule has 1 aromatic heterocycles. The van der Waals surface area contributed by atoms with Crippen LogP contribution in [0.4, 0.5) is 5.82 Å². The van der Waals surface area contributed by atoms with Crippen molar-refractivity contribution in [2.75, 3.05) is 19.5 Å². The molecule has 0 saturated carbocycles. The van der Waals surface area contributed by atoms with Gasteiger partial charge in [0, 0.05) is 18.9 Å². The van der Waals surface area contributed by atoms with Crippen molar-refractivity contribution in [3.05, 3.63) is 22.2 Å². The van der Waals surface area contributed by atoms with Crippen molar-refractivity contribution in [3.8, 4) is 0 Å². The lowest BCUT2D eigenvalue weighted by Crippen LogP contribution is -2.39. The predicted octanol–water partition coefficient (Wildman–Crippen LogP) is -0.396. The fraction of sp³-hybridized carbons (Fsp3) is 0.667. The summed E-state index contributed by atoms with van der Waals surface area (Å²) < 4.78 is 38.1. The van der Waals surface area contributed by atoms with Crippen molar-refractivity contribution in [1.82, 2.24) is 9.55 Å². The van der Waals surface area contributed by atoms with E-state index in [0.29, 0.717) is 12.0 Å². The standard InChI is InChI=1S/C12H21N3O10P2S/c1-3-6-4-15(12(16)14-10(6)13)11-9(23-2)8(25-27(20,21)22)7(28-11)5-24-26(17,18)19/h4,7-9,11H,3,5H2,1-2H3,(H2,13,14,16)(H2,17,18,19)(H2,20,21,22). The second-order valence-electron chi connectivity index (χ2n) is 5.81. The Morgan fingerprint density at radius 3 is 2.39 bits per heavy atom. The van der Waals surface area contributed by atoms with Crippen LogP contribution in [0.1, 0.15) is 17.9 Å². The number of ether oxygens (including phenoxy) is 1. The zero-order valence-corrected chi connectivity index (χ0v) is 17.4. The van der Waals surface area contributed by atoms with Crippen LogP contribution < -0.4 is 11.4 Å². The molecule has 28 heavy (non-hydrogen) atoms. The highest BCUT2D eigenvalue weighted by Crippen LogP contribution is 2.51. The first kappa shape index (κ1) is 23.5. The average molecular weight is 461 g/mol. The van der Waals surface area contributed by atoms with Gasteiger partial charge in [-0.1, -0.05) is 6.92 Å². The van der Waals surface area contributed by atoms with Gasteiger partial charge in [0.1, 0.15) is 23.4 Å². The van der Waals surface area contributed by atoms with Crippen molar-refractivity contribution < 1.29 is 42.5 Å². The van der Waals surface area contributed by atoms with E-state index in [1.807, 2.05) is 0 Å². The molecule has 0 radical (unpaired) electrons. The number of nitrogen functional groups attached to an aromatic ring is 1. The van der Waals surface area contributed by atoms with Crippen molar-refractivity contribution >= 4 is 33.2 Å². The van der Waals surface area contributed by atoms with Gasteiger partial charge in [-0.25, -0.2) is 13.9 Å². The normalized spacial score (nSPS) is 25.9. The molecule has 1 aliphatic rings. The largest absolute Gasteiger partial charge is 0.469 e. The van der Waals surface area contributed by atoms with Gasteiger partial charge in [0.15, 0.2) is 0 Å². The Morgan fingerprint density at radius 1 is 1.25 bits per heavy atom. The first-order chi connectivity index (χ1) is 12.9. The summed E-state index contributed by atoms with van der Waals surface area (Å²) in [6, 6.07) is 0. The molecule has 6 N–H and O–H groups in total. The molecule has 160 valence electrons. The lowest BCUT2D eigenvalue weighted by atomic mass is 10.1. The first-order valence-corrected chi connectivity index (χ1v) is 11.9. The summed E-state index contributed by atoms with van der Waals surface area (Å²) in [5.74, 6) is 0.0603. The van der Waals surface area contributed by atoms with Crippen molar-refractivity contribution in [3.63, 3.8) is 0 Å². The number of phosphoric ester groups is 2. The van der Waals surface area contributed by atoms with Crippen LogP contribution in [0, 0.1) is 0 Å². The summed E-state index contributed by atoms with van der Waals surface area (Å²) in [5.41, 5.74) is 5.55. The molecule has 0 aromatic carbocycles. The molecule has 0 aliphatic carbocycles. The fourth-order valence-corrected chi connectivity index (χ4v) is 5.44. The molecule has 0 amide bonds. The zero-order valence-electron chi connectivity index (χ0n) is 14.8. The maximum absolute atomic E-state index is 12.3. The van der Waals surface area contributed by atoms with Crippen LogP contribution in [0.25, 0.3) is 0 Å². The Hall–Kier alpha value is -0.790. The quantitative estimate of drug-likeness (QED) is 0.313. The van der Waals surface area contributed by atoms with Crippen molar-refractivity contribution in [1.29, 1.82) is 0 Å². The number of phosphoric acid groups is 2. The minimum atomic E-state index is -4.99. The van der Waals surface area contributed by atoms with E-state index in [4.69, 9.17) is 24.8 Å². The molecule has 16 heteroatoms. The molecule has 2 rings (SSSR count). The maximum atomic E-state index is 12.3. The van der Waals surface area contributed by atoms with E-state index in [0.717, 1.165) is 11.8 Å². The number of aryl methyl sites for hydroxylation is 1. The zero-order chi connectivity index (χ0) is 21.3. The van der Waals surface area contributed by atoms with E-state index in [1.165, 1.54) is 17.9 Å². The monoisotopic (exact) mass is 461 g/mol. The smallest absolute Gasteiger partial charge is 0.383 e. The molecule has 1 aromatic rings. The van der Waals surface area contributed by atoms with E-state index < -0.39 is 50.8 Å². The van der Waals surface area contributed by atoms with E-state index >= 15 is 0 Å². The number of nitrogens with zero attached hydrogens (tertiary/aromatic N) is 2. The average Bonchev–Trinajstić information content (AvgIpc) is 2.88. The number of thioether (sulfide) groups is 1. The number of nitrogens with two attached hydrogens (primary N) is 1. The third-order valence-corrected chi connectivity index (χ3v) is 6.47.